The Bertz CT molecular complexity index is 1030. The van der Waals surface area contributed by atoms with Crippen molar-refractivity contribution in [3.63, 3.8) is 0 Å². The molecule has 3 aromatic carbocycles. The van der Waals surface area contributed by atoms with E-state index in [0.717, 1.165) is 0 Å². The van der Waals surface area contributed by atoms with E-state index in [9.17, 15) is 4.79 Å². The van der Waals surface area contributed by atoms with Crippen LogP contribution in [0.25, 0.3) is 0 Å². The Morgan fingerprint density at radius 2 is 1.17 bits per heavy atom. The van der Waals surface area contributed by atoms with Gasteiger partial charge in [-0.05, 0) is 29.8 Å². The van der Waals surface area contributed by atoms with E-state index >= 15 is 0 Å². The van der Waals surface area contributed by atoms with Crippen molar-refractivity contribution in [3.05, 3.63) is 84.4 Å². The van der Waals surface area contributed by atoms with E-state index in [1.54, 1.807) is 0 Å². The van der Waals surface area contributed by atoms with Gasteiger partial charge in [0.15, 0.2) is 29.1 Å². The van der Waals surface area contributed by atoms with Crippen LogP contribution in [0, 0.1) is 0 Å². The summed E-state index contributed by atoms with van der Waals surface area (Å²) in [6.45, 7) is 1.72. The minimum absolute atomic E-state index is 0.0974. The Balaban J connectivity index is 1.58. The van der Waals surface area contributed by atoms with Gasteiger partial charge in [-0.15, -0.1) is 0 Å². The molecule has 0 N–H and O–H groups in total. The Morgan fingerprint density at radius 3 is 1.67 bits per heavy atom. The third-order valence-corrected chi connectivity index (χ3v) is 5.36. The zero-order valence-electron chi connectivity index (χ0n) is 20.2. The summed E-state index contributed by atoms with van der Waals surface area (Å²) in [6, 6.07) is 23.9. The second-order valence-electron chi connectivity index (χ2n) is 7.90. The van der Waals surface area contributed by atoms with Crippen molar-refractivity contribution in [2.45, 2.75) is 12.2 Å². The maximum absolute atomic E-state index is 12.6. The molecule has 1 aliphatic heterocycles. The third kappa shape index (κ3) is 7.13. The number of hydrogen-bond acceptors (Lipinski definition) is 8. The summed E-state index contributed by atoms with van der Waals surface area (Å²) in [5.41, 5.74) is 0.670. The van der Waals surface area contributed by atoms with Gasteiger partial charge in [-0.2, -0.15) is 0 Å². The van der Waals surface area contributed by atoms with Crippen LogP contribution < -0.4 is 18.9 Å². The number of ether oxygens (including phenoxy) is 7. The molecule has 1 unspecified atom stereocenters. The molecule has 0 radical (unpaired) electrons. The highest BCUT2D eigenvalue weighted by atomic mass is 16.6. The topological polar surface area (TPSA) is 81.7 Å². The number of rotatable bonds is 4. The summed E-state index contributed by atoms with van der Waals surface area (Å²) in [7, 11) is 1.33. The lowest BCUT2D eigenvalue weighted by Gasteiger charge is -2.25. The number of para-hydroxylation sites is 4. The molecule has 0 aliphatic carbocycles. The minimum Gasteiger partial charge on any atom is -0.487 e. The Kier molecular flexibility index (Phi) is 9.41. The quantitative estimate of drug-likeness (QED) is 0.499. The molecule has 0 aromatic heterocycles. The van der Waals surface area contributed by atoms with Crippen LogP contribution in [0.4, 0.5) is 0 Å². The number of esters is 1. The van der Waals surface area contributed by atoms with Gasteiger partial charge in [0.2, 0.25) is 0 Å². The van der Waals surface area contributed by atoms with Crippen molar-refractivity contribution < 1.29 is 38.0 Å². The number of fused-ring (bicyclic) bond motifs is 2. The van der Waals surface area contributed by atoms with Crippen LogP contribution in [-0.4, -0.2) is 58.8 Å². The van der Waals surface area contributed by atoms with Crippen molar-refractivity contribution in [1.82, 2.24) is 0 Å². The molecular weight excluding hydrogens is 464 g/mol. The van der Waals surface area contributed by atoms with Crippen LogP contribution in [0.5, 0.6) is 23.0 Å². The fraction of sp³-hybridized carbons (Fsp3) is 0.321. The van der Waals surface area contributed by atoms with E-state index in [0.29, 0.717) is 55.0 Å². The molecule has 8 nitrogen and oxygen atoms in total. The maximum Gasteiger partial charge on any atom is 0.339 e. The average Bonchev–Trinajstić information content (AvgIpc) is 2.92. The molecule has 0 saturated heterocycles. The summed E-state index contributed by atoms with van der Waals surface area (Å²) in [5, 5.41) is 0. The zero-order chi connectivity index (χ0) is 25.0. The van der Waals surface area contributed by atoms with E-state index in [-0.39, 0.29) is 13.2 Å². The number of benzene rings is 3. The standard InChI is InChI=1S/C28H30O8/c1-30-28(29)27(21-9-3-2-4-10-21)36-22-19-34-25-13-7-5-11-23(25)32-17-15-31-16-18-33-24-12-6-8-14-26(24)35-20-22/h2-14,22,27H,15-20H2,1H3. The molecular formula is C28H30O8. The largest absolute Gasteiger partial charge is 0.487 e. The van der Waals surface area contributed by atoms with Crippen molar-refractivity contribution in [2.75, 3.05) is 46.8 Å². The fourth-order valence-corrected chi connectivity index (χ4v) is 3.59. The molecule has 4 rings (SSSR count). The highest BCUT2D eigenvalue weighted by molar-refractivity contribution is 5.76. The van der Waals surface area contributed by atoms with Gasteiger partial charge in [0, 0.05) is 0 Å². The minimum atomic E-state index is -0.950. The fourth-order valence-electron chi connectivity index (χ4n) is 3.59. The molecule has 1 atom stereocenters. The monoisotopic (exact) mass is 494 g/mol. The predicted molar refractivity (Wildman–Crippen MR) is 132 cm³/mol. The summed E-state index contributed by atoms with van der Waals surface area (Å²) < 4.78 is 40.7. The van der Waals surface area contributed by atoms with E-state index in [4.69, 9.17) is 33.2 Å². The van der Waals surface area contributed by atoms with E-state index in [1.165, 1.54) is 7.11 Å². The lowest BCUT2D eigenvalue weighted by Crippen LogP contribution is -2.33. The zero-order valence-corrected chi connectivity index (χ0v) is 20.2. The van der Waals surface area contributed by atoms with Crippen molar-refractivity contribution in [3.8, 4) is 23.0 Å². The van der Waals surface area contributed by atoms with Gasteiger partial charge in [-0.25, -0.2) is 4.79 Å². The molecule has 8 heteroatoms. The molecule has 3 aromatic rings. The predicted octanol–water partition coefficient (Wildman–Crippen LogP) is 4.23. The molecule has 0 bridgehead atoms. The molecule has 0 amide bonds. The average molecular weight is 495 g/mol. The summed E-state index contributed by atoms with van der Waals surface area (Å²) in [5.74, 6) is 1.76. The lowest BCUT2D eigenvalue weighted by molar-refractivity contribution is -0.161. The van der Waals surface area contributed by atoms with E-state index in [2.05, 4.69) is 0 Å². The first-order valence-corrected chi connectivity index (χ1v) is 11.8. The van der Waals surface area contributed by atoms with Crippen molar-refractivity contribution in [2.24, 2.45) is 0 Å². The van der Waals surface area contributed by atoms with Crippen LogP contribution in [0.3, 0.4) is 0 Å². The van der Waals surface area contributed by atoms with Gasteiger partial charge in [0.25, 0.3) is 0 Å². The summed E-state index contributed by atoms with van der Waals surface area (Å²) in [6.07, 6.45) is -1.58. The van der Waals surface area contributed by atoms with E-state index in [1.807, 2.05) is 78.9 Å². The molecule has 1 heterocycles. The highest BCUT2D eigenvalue weighted by Gasteiger charge is 2.27. The first-order valence-electron chi connectivity index (χ1n) is 11.8. The highest BCUT2D eigenvalue weighted by Crippen LogP contribution is 2.30. The molecule has 0 saturated carbocycles. The van der Waals surface area contributed by atoms with Crippen molar-refractivity contribution >= 4 is 5.97 Å². The molecule has 190 valence electrons. The van der Waals surface area contributed by atoms with Crippen LogP contribution in [0.2, 0.25) is 0 Å². The molecule has 0 spiro atoms. The second kappa shape index (κ2) is 13.4. The van der Waals surface area contributed by atoms with Gasteiger partial charge >= 0.3 is 5.97 Å². The van der Waals surface area contributed by atoms with Crippen LogP contribution in [0.1, 0.15) is 11.7 Å². The first kappa shape index (κ1) is 25.3. The maximum atomic E-state index is 12.6. The Hall–Kier alpha value is -3.75. The van der Waals surface area contributed by atoms with Crippen molar-refractivity contribution in [1.29, 1.82) is 0 Å². The van der Waals surface area contributed by atoms with Gasteiger partial charge in [0.05, 0.1) is 20.3 Å². The summed E-state index contributed by atoms with van der Waals surface area (Å²) in [4.78, 5) is 12.6. The first-order chi connectivity index (χ1) is 17.7. The molecule has 1 aliphatic rings. The second-order valence-corrected chi connectivity index (χ2v) is 7.90. The van der Waals surface area contributed by atoms with E-state index < -0.39 is 18.2 Å². The molecule has 0 fully saturated rings. The van der Waals surface area contributed by atoms with Crippen LogP contribution in [-0.2, 0) is 19.0 Å². The van der Waals surface area contributed by atoms with Crippen LogP contribution >= 0.6 is 0 Å². The normalized spacial score (nSPS) is 16.0. The van der Waals surface area contributed by atoms with Gasteiger partial charge in [0.1, 0.15) is 32.5 Å². The van der Waals surface area contributed by atoms with Gasteiger partial charge < -0.3 is 33.2 Å². The molecule has 36 heavy (non-hydrogen) atoms. The van der Waals surface area contributed by atoms with Gasteiger partial charge in [-0.3, -0.25) is 0 Å². The Labute approximate surface area is 210 Å². The number of carbonyl (C=O) groups excluding carboxylic acids is 1. The number of carbonyl (C=O) groups is 1. The van der Waals surface area contributed by atoms with Crippen LogP contribution in [0.15, 0.2) is 78.9 Å². The third-order valence-electron chi connectivity index (χ3n) is 5.36. The number of hydrogen-bond donors (Lipinski definition) is 0. The lowest BCUT2D eigenvalue weighted by atomic mass is 10.1. The summed E-state index contributed by atoms with van der Waals surface area (Å²) >= 11 is 0. The number of methoxy groups -OCH3 is 1. The van der Waals surface area contributed by atoms with Gasteiger partial charge in [-0.1, -0.05) is 54.6 Å². The Morgan fingerprint density at radius 1 is 0.694 bits per heavy atom. The smallest absolute Gasteiger partial charge is 0.339 e. The SMILES string of the molecule is COC(=O)C(OC1COc2ccccc2OCCOCCOc2ccccc2OC1)c1ccccc1.